The number of anilines is 1. The molecule has 0 bridgehead atoms. The van der Waals surface area contributed by atoms with Crippen molar-refractivity contribution in [3.8, 4) is 11.3 Å². The average molecular weight is 429 g/mol. The van der Waals surface area contributed by atoms with Crippen LogP contribution in [0.25, 0.3) is 11.3 Å². The van der Waals surface area contributed by atoms with E-state index in [9.17, 15) is 4.39 Å². The van der Waals surface area contributed by atoms with Gasteiger partial charge in [-0.25, -0.2) is 4.39 Å². The molecule has 2 saturated heterocycles. The monoisotopic (exact) mass is 428 g/mol. The van der Waals surface area contributed by atoms with E-state index in [1.54, 1.807) is 6.07 Å². The van der Waals surface area contributed by atoms with E-state index < -0.39 is 0 Å². The summed E-state index contributed by atoms with van der Waals surface area (Å²) in [6.45, 7) is 6.48. The number of benzene rings is 1. The lowest BCUT2D eigenvalue weighted by atomic mass is 9.70. The summed E-state index contributed by atoms with van der Waals surface area (Å²) in [6.07, 6.45) is 9.38. The van der Waals surface area contributed by atoms with Crippen LogP contribution >= 0.6 is 11.6 Å². The van der Waals surface area contributed by atoms with E-state index in [0.29, 0.717) is 21.7 Å². The van der Waals surface area contributed by atoms with Crippen LogP contribution in [0.15, 0.2) is 24.3 Å². The topological polar surface area (TPSA) is 32.3 Å². The third kappa shape index (κ3) is 3.71. The van der Waals surface area contributed by atoms with Crippen molar-refractivity contribution in [3.05, 3.63) is 40.7 Å². The van der Waals surface area contributed by atoms with E-state index in [2.05, 4.69) is 20.0 Å². The van der Waals surface area contributed by atoms with Crippen LogP contribution in [-0.2, 0) is 0 Å². The first-order chi connectivity index (χ1) is 14.5. The zero-order valence-corrected chi connectivity index (χ0v) is 18.5. The molecule has 3 fully saturated rings. The van der Waals surface area contributed by atoms with Crippen molar-refractivity contribution in [1.29, 1.82) is 0 Å². The molecule has 0 unspecified atom stereocenters. The van der Waals surface area contributed by atoms with Gasteiger partial charge >= 0.3 is 0 Å². The molecule has 3 heterocycles. The fourth-order valence-corrected chi connectivity index (χ4v) is 5.59. The number of aromatic nitrogens is 2. The van der Waals surface area contributed by atoms with Crippen LogP contribution in [0.5, 0.6) is 0 Å². The van der Waals surface area contributed by atoms with Gasteiger partial charge in [0.05, 0.1) is 16.3 Å². The molecule has 1 aromatic carbocycles. The van der Waals surface area contributed by atoms with Crippen LogP contribution in [0.2, 0.25) is 5.02 Å². The minimum absolute atomic E-state index is 0.339. The summed E-state index contributed by atoms with van der Waals surface area (Å²) in [7, 11) is 0. The molecule has 30 heavy (non-hydrogen) atoms. The Balaban J connectivity index is 1.22. The van der Waals surface area contributed by atoms with Gasteiger partial charge in [-0.15, -0.1) is 10.2 Å². The Morgan fingerprint density at radius 2 is 1.67 bits per heavy atom. The van der Waals surface area contributed by atoms with Gasteiger partial charge in [0.15, 0.2) is 5.82 Å². The van der Waals surface area contributed by atoms with E-state index >= 15 is 0 Å². The Morgan fingerprint density at radius 1 is 0.967 bits per heavy atom. The van der Waals surface area contributed by atoms with Crippen molar-refractivity contribution in [1.82, 2.24) is 15.1 Å². The second-order valence-electron chi connectivity index (χ2n) is 9.44. The molecule has 0 N–H and O–H groups in total. The number of likely N-dealkylation sites (tertiary alicyclic amines) is 1. The molecular formula is C24H30ClFN4. The zero-order chi connectivity index (χ0) is 20.7. The van der Waals surface area contributed by atoms with Crippen LogP contribution < -0.4 is 4.90 Å². The molecule has 1 aromatic heterocycles. The maximum absolute atomic E-state index is 14.3. The third-order valence-electron chi connectivity index (χ3n) is 7.79. The molecule has 0 atom stereocenters. The summed E-state index contributed by atoms with van der Waals surface area (Å²) in [5.41, 5.74) is 2.18. The van der Waals surface area contributed by atoms with Crippen LogP contribution in [-0.4, -0.2) is 47.3 Å². The highest BCUT2D eigenvalue weighted by atomic mass is 35.5. The maximum Gasteiger partial charge on any atom is 0.151 e. The Labute approximate surface area is 183 Å². The van der Waals surface area contributed by atoms with Crippen molar-refractivity contribution in [2.75, 3.05) is 31.1 Å². The van der Waals surface area contributed by atoms with Gasteiger partial charge in [0, 0.05) is 19.1 Å². The van der Waals surface area contributed by atoms with Crippen LogP contribution in [0.3, 0.4) is 0 Å². The van der Waals surface area contributed by atoms with Gasteiger partial charge in [-0.05, 0) is 87.7 Å². The number of halogens is 2. The van der Waals surface area contributed by atoms with Gasteiger partial charge in [-0.2, -0.15) is 0 Å². The van der Waals surface area contributed by atoms with E-state index in [-0.39, 0.29) is 5.82 Å². The second kappa shape index (κ2) is 8.08. The Hall–Kier alpha value is -1.72. The minimum Gasteiger partial charge on any atom is -0.355 e. The minimum atomic E-state index is -0.360. The van der Waals surface area contributed by atoms with Gasteiger partial charge in [-0.1, -0.05) is 24.1 Å². The van der Waals surface area contributed by atoms with Crippen molar-refractivity contribution >= 4 is 17.4 Å². The fraction of sp³-hybridized carbons (Fsp3) is 0.583. The molecular weight excluding hydrogens is 399 g/mol. The van der Waals surface area contributed by atoms with Gasteiger partial charge in [0.2, 0.25) is 0 Å². The van der Waals surface area contributed by atoms with E-state index in [4.69, 9.17) is 11.6 Å². The van der Waals surface area contributed by atoms with E-state index in [0.717, 1.165) is 30.5 Å². The number of aryl methyl sites for hydroxylation is 1. The highest BCUT2D eigenvalue weighted by Crippen LogP contribution is 2.43. The third-order valence-corrected chi connectivity index (χ3v) is 8.28. The largest absolute Gasteiger partial charge is 0.355 e. The molecule has 5 rings (SSSR count). The lowest BCUT2D eigenvalue weighted by molar-refractivity contribution is 0.0305. The molecule has 0 radical (unpaired) electrons. The van der Waals surface area contributed by atoms with Crippen LogP contribution in [0.1, 0.15) is 50.5 Å². The molecule has 6 heteroatoms. The van der Waals surface area contributed by atoms with Crippen molar-refractivity contribution in [2.24, 2.45) is 5.41 Å². The van der Waals surface area contributed by atoms with E-state index in [1.165, 1.54) is 64.1 Å². The van der Waals surface area contributed by atoms with Crippen molar-refractivity contribution in [2.45, 2.75) is 57.9 Å². The van der Waals surface area contributed by atoms with Gasteiger partial charge in [0.1, 0.15) is 5.82 Å². The second-order valence-corrected chi connectivity index (χ2v) is 9.82. The van der Waals surface area contributed by atoms with Gasteiger partial charge in [-0.3, -0.25) is 0 Å². The lowest BCUT2D eigenvalue weighted by Gasteiger charge is -2.50. The molecule has 1 saturated carbocycles. The first-order valence-electron chi connectivity index (χ1n) is 11.3. The van der Waals surface area contributed by atoms with Crippen LogP contribution in [0, 0.1) is 18.2 Å². The quantitative estimate of drug-likeness (QED) is 0.648. The number of nitrogens with zero attached hydrogens (tertiary/aromatic N) is 4. The number of hydrogen-bond donors (Lipinski definition) is 0. The zero-order valence-electron chi connectivity index (χ0n) is 17.7. The summed E-state index contributed by atoms with van der Waals surface area (Å²) < 4.78 is 14.3. The summed E-state index contributed by atoms with van der Waals surface area (Å²) in [5, 5.41) is 9.14. The van der Waals surface area contributed by atoms with Crippen LogP contribution in [0.4, 0.5) is 10.2 Å². The summed E-state index contributed by atoms with van der Waals surface area (Å²) >= 11 is 6.33. The Bertz CT molecular complexity index is 894. The summed E-state index contributed by atoms with van der Waals surface area (Å²) in [5.74, 6) is 0.519. The molecule has 3 aliphatic rings. The number of hydrogen-bond acceptors (Lipinski definition) is 4. The predicted octanol–water partition coefficient (Wildman–Crippen LogP) is 5.48. The van der Waals surface area contributed by atoms with Crippen molar-refractivity contribution < 1.29 is 4.39 Å². The Kier molecular flexibility index (Phi) is 5.44. The molecule has 1 aliphatic carbocycles. The standard InChI is InChI=1S/C24H30ClFN4/c1-17-5-6-19(26)22(23(17)25)20-7-8-21(28-27-20)30-15-11-24(12-16-30)9-13-29(14-10-24)18-3-2-4-18/h5-8,18H,2-4,9-16H2,1H3. The smallest absolute Gasteiger partial charge is 0.151 e. The average Bonchev–Trinajstić information content (AvgIpc) is 2.73. The summed E-state index contributed by atoms with van der Waals surface area (Å²) in [6, 6.07) is 7.80. The highest BCUT2D eigenvalue weighted by molar-refractivity contribution is 6.34. The first kappa shape index (κ1) is 20.2. The number of piperidine rings is 2. The maximum atomic E-state index is 14.3. The molecule has 2 aliphatic heterocycles. The fourth-order valence-electron chi connectivity index (χ4n) is 5.34. The molecule has 4 nitrogen and oxygen atoms in total. The van der Waals surface area contributed by atoms with Gasteiger partial charge < -0.3 is 9.80 Å². The van der Waals surface area contributed by atoms with E-state index in [1.807, 2.05) is 19.1 Å². The van der Waals surface area contributed by atoms with Gasteiger partial charge in [0.25, 0.3) is 0 Å². The normalized spacial score (nSPS) is 22.3. The molecule has 160 valence electrons. The molecule has 0 amide bonds. The highest BCUT2D eigenvalue weighted by Gasteiger charge is 2.39. The molecule has 1 spiro atoms. The first-order valence-corrected chi connectivity index (χ1v) is 11.7. The summed E-state index contributed by atoms with van der Waals surface area (Å²) in [4.78, 5) is 5.06. The number of rotatable bonds is 3. The van der Waals surface area contributed by atoms with Crippen molar-refractivity contribution in [3.63, 3.8) is 0 Å². The SMILES string of the molecule is Cc1ccc(F)c(-c2ccc(N3CCC4(CC3)CCN(C3CCC3)CC4)nn2)c1Cl. The Morgan fingerprint density at radius 3 is 2.27 bits per heavy atom. The predicted molar refractivity (Wildman–Crippen MR) is 119 cm³/mol. The lowest BCUT2D eigenvalue weighted by Crippen LogP contribution is -2.51. The molecule has 2 aromatic rings.